The van der Waals surface area contributed by atoms with E-state index in [1.165, 1.54) is 22.5 Å². The number of nitrogens with zero attached hydrogens (tertiary/aromatic N) is 2. The number of fused-ring (bicyclic) bond motifs is 1. The van der Waals surface area contributed by atoms with E-state index in [9.17, 15) is 12.8 Å². The molecule has 0 saturated carbocycles. The zero-order chi connectivity index (χ0) is 19.2. The lowest BCUT2D eigenvalue weighted by atomic mass is 10.0. The third-order valence-corrected chi connectivity index (χ3v) is 7.08. The average Bonchev–Trinajstić information content (AvgIpc) is 3.10. The van der Waals surface area contributed by atoms with Crippen LogP contribution in [0, 0.1) is 5.82 Å². The number of benzene rings is 2. The summed E-state index contributed by atoms with van der Waals surface area (Å²) >= 11 is 12.4. The van der Waals surface area contributed by atoms with Crippen molar-refractivity contribution in [3.8, 4) is 0 Å². The molecule has 0 N–H and O–H groups in total. The Balaban J connectivity index is 1.89. The molecule has 3 aromatic rings. The highest BCUT2D eigenvalue weighted by Gasteiger charge is 2.38. The molecule has 2 heterocycles. The van der Waals surface area contributed by atoms with Crippen LogP contribution in [0.1, 0.15) is 17.3 Å². The lowest BCUT2D eigenvalue weighted by Crippen LogP contribution is -2.42. The van der Waals surface area contributed by atoms with Gasteiger partial charge >= 0.3 is 0 Å². The third kappa shape index (κ3) is 3.27. The number of rotatable bonds is 3. The van der Waals surface area contributed by atoms with Gasteiger partial charge < -0.3 is 4.57 Å². The molecular weight excluding hydrogens is 410 g/mol. The smallest absolute Gasteiger partial charge is 0.244 e. The SMILES string of the molecule is O=S(=O)(c1cccc(F)c1)N1CCn2cccc2[C@@H]1c1ccc(Cl)cc1Cl. The summed E-state index contributed by atoms with van der Waals surface area (Å²) in [5, 5.41) is 0.844. The van der Waals surface area contributed by atoms with Crippen molar-refractivity contribution in [3.63, 3.8) is 0 Å². The van der Waals surface area contributed by atoms with Crippen LogP contribution in [0.15, 0.2) is 65.7 Å². The monoisotopic (exact) mass is 424 g/mol. The number of hydrogen-bond donors (Lipinski definition) is 0. The first kappa shape index (κ1) is 18.5. The predicted molar refractivity (Wildman–Crippen MR) is 103 cm³/mol. The predicted octanol–water partition coefficient (Wildman–Crippen LogP) is 4.73. The number of halogens is 3. The topological polar surface area (TPSA) is 42.3 Å². The van der Waals surface area contributed by atoms with Crippen LogP contribution in [0.3, 0.4) is 0 Å². The van der Waals surface area contributed by atoms with Crippen molar-refractivity contribution in [1.29, 1.82) is 0 Å². The van der Waals surface area contributed by atoms with E-state index in [4.69, 9.17) is 23.2 Å². The molecular formula is C19H15Cl2FN2O2S. The van der Waals surface area contributed by atoms with Gasteiger partial charge in [-0.2, -0.15) is 4.31 Å². The summed E-state index contributed by atoms with van der Waals surface area (Å²) in [5.41, 5.74) is 1.42. The largest absolute Gasteiger partial charge is 0.348 e. The fourth-order valence-corrected chi connectivity index (χ4v) is 5.54. The summed E-state index contributed by atoms with van der Waals surface area (Å²) in [7, 11) is -3.94. The van der Waals surface area contributed by atoms with Gasteiger partial charge in [0.05, 0.1) is 10.9 Å². The fraction of sp³-hybridized carbons (Fsp3) is 0.158. The zero-order valence-corrected chi connectivity index (χ0v) is 16.3. The quantitative estimate of drug-likeness (QED) is 0.609. The summed E-state index contributed by atoms with van der Waals surface area (Å²) in [6.07, 6.45) is 1.90. The summed E-state index contributed by atoms with van der Waals surface area (Å²) in [6, 6.07) is 13.1. The van der Waals surface area contributed by atoms with Crippen LogP contribution in [0.4, 0.5) is 4.39 Å². The second-order valence-corrected chi connectivity index (χ2v) is 9.00. The maximum Gasteiger partial charge on any atom is 0.244 e. The number of hydrogen-bond acceptors (Lipinski definition) is 2. The molecule has 0 unspecified atom stereocenters. The van der Waals surface area contributed by atoms with Crippen LogP contribution >= 0.6 is 23.2 Å². The van der Waals surface area contributed by atoms with E-state index in [-0.39, 0.29) is 11.4 Å². The van der Waals surface area contributed by atoms with Crippen LogP contribution in [0.2, 0.25) is 10.0 Å². The summed E-state index contributed by atoms with van der Waals surface area (Å²) in [5.74, 6) is -0.600. The molecule has 8 heteroatoms. The minimum Gasteiger partial charge on any atom is -0.348 e. The van der Waals surface area contributed by atoms with E-state index in [1.54, 1.807) is 18.2 Å². The van der Waals surface area contributed by atoms with Gasteiger partial charge in [0.1, 0.15) is 5.82 Å². The summed E-state index contributed by atoms with van der Waals surface area (Å²) in [6.45, 7) is 0.739. The maximum absolute atomic E-state index is 13.7. The van der Waals surface area contributed by atoms with Crippen molar-refractivity contribution >= 4 is 33.2 Å². The average molecular weight is 425 g/mol. The van der Waals surface area contributed by atoms with Crippen molar-refractivity contribution < 1.29 is 12.8 Å². The first-order valence-electron chi connectivity index (χ1n) is 8.25. The molecule has 0 saturated heterocycles. The molecule has 140 valence electrons. The minimum absolute atomic E-state index is 0.0856. The molecule has 2 aromatic carbocycles. The first-order valence-corrected chi connectivity index (χ1v) is 10.4. The molecule has 1 atom stereocenters. The van der Waals surface area contributed by atoms with E-state index >= 15 is 0 Å². The Morgan fingerprint density at radius 1 is 1.00 bits per heavy atom. The number of aromatic nitrogens is 1. The van der Waals surface area contributed by atoms with Gasteiger partial charge in [-0.1, -0.05) is 35.3 Å². The molecule has 4 rings (SSSR count). The van der Waals surface area contributed by atoms with Gasteiger partial charge in [-0.3, -0.25) is 0 Å². The standard InChI is InChI=1S/C19H15Cl2FN2O2S/c20-13-6-7-16(17(21)11-13)19-18-5-2-8-23(18)9-10-24(19)27(25,26)15-4-1-3-14(22)12-15/h1-8,11-12,19H,9-10H2/t19-/m0/s1. The molecule has 4 nitrogen and oxygen atoms in total. The van der Waals surface area contributed by atoms with Gasteiger partial charge in [-0.15, -0.1) is 0 Å². The van der Waals surface area contributed by atoms with Crippen LogP contribution in [0.5, 0.6) is 0 Å². The molecule has 0 amide bonds. The highest BCUT2D eigenvalue weighted by Crippen LogP contribution is 2.40. The molecule has 1 aromatic heterocycles. The van der Waals surface area contributed by atoms with Crippen LogP contribution in [-0.2, 0) is 16.6 Å². The number of sulfonamides is 1. The Bertz CT molecular complexity index is 1110. The second-order valence-electron chi connectivity index (χ2n) is 6.27. The van der Waals surface area contributed by atoms with E-state index in [0.29, 0.717) is 22.2 Å². The van der Waals surface area contributed by atoms with Crippen molar-refractivity contribution in [2.75, 3.05) is 6.54 Å². The molecule has 0 radical (unpaired) electrons. The highest BCUT2D eigenvalue weighted by molar-refractivity contribution is 7.89. The van der Waals surface area contributed by atoms with E-state index in [0.717, 1.165) is 11.8 Å². The molecule has 1 aliphatic rings. The van der Waals surface area contributed by atoms with Crippen LogP contribution in [-0.4, -0.2) is 23.8 Å². The molecule has 1 aliphatic heterocycles. The Hall–Kier alpha value is -1.86. The lowest BCUT2D eigenvalue weighted by Gasteiger charge is -2.36. The molecule has 0 bridgehead atoms. The van der Waals surface area contributed by atoms with Crippen molar-refractivity contribution in [2.24, 2.45) is 0 Å². The maximum atomic E-state index is 13.7. The summed E-state index contributed by atoms with van der Waals surface area (Å²) in [4.78, 5) is -0.0856. The second kappa shape index (κ2) is 6.95. The third-order valence-electron chi connectivity index (χ3n) is 4.65. The Morgan fingerprint density at radius 2 is 1.81 bits per heavy atom. The molecule has 0 spiro atoms. The Labute approximate surface area is 166 Å². The molecule has 0 fully saturated rings. The van der Waals surface area contributed by atoms with Crippen molar-refractivity contribution in [3.05, 3.63) is 87.9 Å². The van der Waals surface area contributed by atoms with E-state index in [1.807, 2.05) is 22.9 Å². The minimum atomic E-state index is -3.94. The zero-order valence-electron chi connectivity index (χ0n) is 14.0. The van der Waals surface area contributed by atoms with E-state index in [2.05, 4.69) is 0 Å². The van der Waals surface area contributed by atoms with Gasteiger partial charge in [-0.05, 0) is 48.0 Å². The highest BCUT2D eigenvalue weighted by atomic mass is 35.5. The fourth-order valence-electron chi connectivity index (χ4n) is 3.42. The van der Waals surface area contributed by atoms with Gasteiger partial charge in [0.25, 0.3) is 0 Å². The van der Waals surface area contributed by atoms with Crippen molar-refractivity contribution in [1.82, 2.24) is 8.87 Å². The molecule has 0 aliphatic carbocycles. The Morgan fingerprint density at radius 3 is 2.56 bits per heavy atom. The molecule has 27 heavy (non-hydrogen) atoms. The van der Waals surface area contributed by atoms with Crippen LogP contribution in [0.25, 0.3) is 0 Å². The lowest BCUT2D eigenvalue weighted by molar-refractivity contribution is 0.298. The van der Waals surface area contributed by atoms with Gasteiger partial charge in [-0.25, -0.2) is 12.8 Å². The van der Waals surface area contributed by atoms with Gasteiger partial charge in [0.15, 0.2) is 0 Å². The Kier molecular flexibility index (Phi) is 4.76. The normalized spacial score (nSPS) is 17.7. The van der Waals surface area contributed by atoms with Crippen molar-refractivity contribution in [2.45, 2.75) is 17.5 Å². The first-order chi connectivity index (χ1) is 12.9. The van der Waals surface area contributed by atoms with Gasteiger partial charge in [0.2, 0.25) is 10.0 Å². The van der Waals surface area contributed by atoms with Crippen LogP contribution < -0.4 is 0 Å². The summed E-state index contributed by atoms with van der Waals surface area (Å²) < 4.78 is 43.6. The van der Waals surface area contributed by atoms with E-state index < -0.39 is 21.9 Å². The van der Waals surface area contributed by atoms with Gasteiger partial charge in [0, 0.05) is 35.0 Å².